The molecule has 0 unspecified atom stereocenters. The standard InChI is InChI=1S/C8H13F2NO2/c1-3-11-5-8(9,10)4-6(11)7(12)13-2/h6H,3-5H2,1-2H3/t6-/m1/s1. The molecule has 1 aliphatic heterocycles. The summed E-state index contributed by atoms with van der Waals surface area (Å²) in [6, 6.07) is -0.773. The van der Waals surface area contributed by atoms with E-state index in [0.29, 0.717) is 6.54 Å². The molecule has 0 spiro atoms. The number of methoxy groups -OCH3 is 1. The van der Waals surface area contributed by atoms with E-state index in [4.69, 9.17) is 0 Å². The molecular weight excluding hydrogens is 180 g/mol. The Morgan fingerprint density at radius 2 is 2.31 bits per heavy atom. The van der Waals surface area contributed by atoms with Crippen molar-refractivity contribution in [3.05, 3.63) is 0 Å². The van der Waals surface area contributed by atoms with E-state index in [1.807, 2.05) is 0 Å². The number of likely N-dealkylation sites (N-methyl/N-ethyl adjacent to an activating group) is 1. The normalized spacial score (nSPS) is 27.5. The van der Waals surface area contributed by atoms with Crippen molar-refractivity contribution in [2.75, 3.05) is 20.2 Å². The maximum absolute atomic E-state index is 12.9. The van der Waals surface area contributed by atoms with Gasteiger partial charge in [0.2, 0.25) is 0 Å². The van der Waals surface area contributed by atoms with Crippen molar-refractivity contribution < 1.29 is 18.3 Å². The molecule has 0 N–H and O–H groups in total. The third-order valence-electron chi connectivity index (χ3n) is 2.25. The number of hydrogen-bond donors (Lipinski definition) is 0. The van der Waals surface area contributed by atoms with Crippen LogP contribution < -0.4 is 0 Å². The molecule has 1 atom stereocenters. The first-order valence-electron chi connectivity index (χ1n) is 4.20. The average molecular weight is 193 g/mol. The Bertz CT molecular complexity index is 208. The van der Waals surface area contributed by atoms with Crippen LogP contribution in [0.5, 0.6) is 0 Å². The Labute approximate surface area is 75.7 Å². The zero-order chi connectivity index (χ0) is 10.1. The molecule has 13 heavy (non-hydrogen) atoms. The first-order valence-corrected chi connectivity index (χ1v) is 4.20. The molecule has 1 fully saturated rings. The first kappa shape index (κ1) is 10.4. The number of likely N-dealkylation sites (tertiary alicyclic amines) is 1. The number of halogens is 2. The average Bonchev–Trinajstić information content (AvgIpc) is 2.39. The molecule has 0 saturated carbocycles. The molecular formula is C8H13F2NO2. The van der Waals surface area contributed by atoms with Gasteiger partial charge in [0.05, 0.1) is 13.7 Å². The lowest BCUT2D eigenvalue weighted by Crippen LogP contribution is -2.36. The predicted molar refractivity (Wildman–Crippen MR) is 42.6 cm³/mol. The summed E-state index contributed by atoms with van der Waals surface area (Å²) in [7, 11) is 1.21. The highest BCUT2D eigenvalue weighted by molar-refractivity contribution is 5.76. The van der Waals surface area contributed by atoms with Crippen molar-refractivity contribution in [2.24, 2.45) is 0 Å². The smallest absolute Gasteiger partial charge is 0.323 e. The van der Waals surface area contributed by atoms with Gasteiger partial charge in [0.1, 0.15) is 6.04 Å². The molecule has 1 rings (SSSR count). The second kappa shape index (κ2) is 3.57. The lowest BCUT2D eigenvalue weighted by Gasteiger charge is -2.18. The molecule has 1 saturated heterocycles. The van der Waals surface area contributed by atoms with Gasteiger partial charge in [-0.1, -0.05) is 6.92 Å². The largest absolute Gasteiger partial charge is 0.468 e. The van der Waals surface area contributed by atoms with Crippen molar-refractivity contribution in [3.63, 3.8) is 0 Å². The Hall–Kier alpha value is -0.710. The summed E-state index contributed by atoms with van der Waals surface area (Å²) in [5, 5.41) is 0. The van der Waals surface area contributed by atoms with Crippen LogP contribution >= 0.6 is 0 Å². The van der Waals surface area contributed by atoms with E-state index >= 15 is 0 Å². The zero-order valence-corrected chi connectivity index (χ0v) is 7.72. The fourth-order valence-electron chi connectivity index (χ4n) is 1.58. The fraction of sp³-hybridized carbons (Fsp3) is 0.875. The maximum atomic E-state index is 12.9. The second-order valence-electron chi connectivity index (χ2n) is 3.16. The quantitative estimate of drug-likeness (QED) is 0.610. The lowest BCUT2D eigenvalue weighted by atomic mass is 10.2. The van der Waals surface area contributed by atoms with Crippen molar-refractivity contribution in [3.8, 4) is 0 Å². The summed E-state index contributed by atoms with van der Waals surface area (Å²) in [5.41, 5.74) is 0. The number of nitrogens with zero attached hydrogens (tertiary/aromatic N) is 1. The summed E-state index contributed by atoms with van der Waals surface area (Å²) >= 11 is 0. The lowest BCUT2D eigenvalue weighted by molar-refractivity contribution is -0.146. The van der Waals surface area contributed by atoms with E-state index in [0.717, 1.165) is 0 Å². The molecule has 0 aromatic carbocycles. The van der Waals surface area contributed by atoms with Gasteiger partial charge in [-0.05, 0) is 6.54 Å². The molecule has 1 aliphatic rings. The number of alkyl halides is 2. The van der Waals surface area contributed by atoms with Gasteiger partial charge in [-0.2, -0.15) is 0 Å². The van der Waals surface area contributed by atoms with Gasteiger partial charge in [0.25, 0.3) is 5.92 Å². The minimum atomic E-state index is -2.76. The van der Waals surface area contributed by atoms with E-state index in [2.05, 4.69) is 4.74 Å². The number of ether oxygens (including phenoxy) is 1. The fourth-order valence-corrected chi connectivity index (χ4v) is 1.58. The van der Waals surface area contributed by atoms with Crippen LogP contribution in [0.25, 0.3) is 0 Å². The van der Waals surface area contributed by atoms with Gasteiger partial charge in [-0.3, -0.25) is 9.69 Å². The van der Waals surface area contributed by atoms with Crippen molar-refractivity contribution in [1.82, 2.24) is 4.90 Å². The second-order valence-corrected chi connectivity index (χ2v) is 3.16. The monoisotopic (exact) mass is 193 g/mol. The highest BCUT2D eigenvalue weighted by Crippen LogP contribution is 2.32. The minimum Gasteiger partial charge on any atom is -0.468 e. The van der Waals surface area contributed by atoms with E-state index in [1.165, 1.54) is 12.0 Å². The van der Waals surface area contributed by atoms with Gasteiger partial charge in [-0.15, -0.1) is 0 Å². The minimum absolute atomic E-state index is 0.344. The number of rotatable bonds is 2. The SMILES string of the molecule is CCN1CC(F)(F)C[C@@H]1C(=O)OC. The molecule has 0 bridgehead atoms. The Kier molecular flexibility index (Phi) is 2.85. The van der Waals surface area contributed by atoms with Crippen LogP contribution in [0.2, 0.25) is 0 Å². The Balaban J connectivity index is 2.69. The molecule has 1 heterocycles. The van der Waals surface area contributed by atoms with E-state index in [-0.39, 0.29) is 6.54 Å². The number of carbonyl (C=O) groups is 1. The number of carbonyl (C=O) groups excluding carboxylic acids is 1. The molecule has 0 radical (unpaired) electrons. The van der Waals surface area contributed by atoms with Gasteiger partial charge >= 0.3 is 5.97 Å². The topological polar surface area (TPSA) is 29.5 Å². The van der Waals surface area contributed by atoms with Gasteiger partial charge in [-0.25, -0.2) is 8.78 Å². The molecule has 5 heteroatoms. The van der Waals surface area contributed by atoms with Crippen molar-refractivity contribution in [2.45, 2.75) is 25.3 Å². The summed E-state index contributed by atoms with van der Waals surface area (Å²) in [4.78, 5) is 12.5. The van der Waals surface area contributed by atoms with Crippen molar-refractivity contribution >= 4 is 5.97 Å². The van der Waals surface area contributed by atoms with E-state index in [9.17, 15) is 13.6 Å². The summed E-state index contributed by atoms with van der Waals surface area (Å²) < 4.78 is 30.2. The van der Waals surface area contributed by atoms with Crippen LogP contribution in [0, 0.1) is 0 Å². The Morgan fingerprint density at radius 3 is 2.77 bits per heavy atom. The summed E-state index contributed by atoms with van der Waals surface area (Å²) in [6.45, 7) is 1.84. The highest BCUT2D eigenvalue weighted by atomic mass is 19.3. The molecule has 0 aliphatic carbocycles. The third kappa shape index (κ3) is 2.15. The number of esters is 1. The van der Waals surface area contributed by atoms with Crippen LogP contribution in [0.15, 0.2) is 0 Å². The molecule has 0 aromatic heterocycles. The molecule has 3 nitrogen and oxygen atoms in total. The van der Waals surface area contributed by atoms with Crippen LogP contribution in [0.4, 0.5) is 8.78 Å². The van der Waals surface area contributed by atoms with Gasteiger partial charge in [0.15, 0.2) is 0 Å². The van der Waals surface area contributed by atoms with Crippen LogP contribution in [-0.2, 0) is 9.53 Å². The maximum Gasteiger partial charge on any atom is 0.323 e. The van der Waals surface area contributed by atoms with Crippen molar-refractivity contribution in [1.29, 1.82) is 0 Å². The summed E-state index contributed by atoms with van der Waals surface area (Å²) in [5.74, 6) is -3.33. The van der Waals surface area contributed by atoms with Gasteiger partial charge in [0, 0.05) is 6.42 Å². The van der Waals surface area contributed by atoms with Gasteiger partial charge < -0.3 is 4.74 Å². The molecule has 76 valence electrons. The predicted octanol–water partition coefficient (Wildman–Crippen LogP) is 0.889. The number of hydrogen-bond acceptors (Lipinski definition) is 3. The summed E-state index contributed by atoms with van der Waals surface area (Å²) in [6.07, 6.45) is -0.423. The van der Waals surface area contributed by atoms with E-state index < -0.39 is 24.4 Å². The van der Waals surface area contributed by atoms with Crippen LogP contribution in [0.1, 0.15) is 13.3 Å². The third-order valence-corrected chi connectivity index (χ3v) is 2.25. The van der Waals surface area contributed by atoms with E-state index in [1.54, 1.807) is 6.92 Å². The van der Waals surface area contributed by atoms with Crippen LogP contribution in [-0.4, -0.2) is 43.0 Å². The molecule has 0 aromatic rings. The highest BCUT2D eigenvalue weighted by Gasteiger charge is 2.47. The zero-order valence-electron chi connectivity index (χ0n) is 7.72. The Morgan fingerprint density at radius 1 is 1.69 bits per heavy atom. The van der Waals surface area contributed by atoms with Crippen LogP contribution in [0.3, 0.4) is 0 Å². The molecule has 0 amide bonds. The first-order chi connectivity index (χ1) is 6.00.